The Morgan fingerprint density at radius 3 is 3.04 bits per heavy atom. The molecule has 8 nitrogen and oxygen atoms in total. The lowest BCUT2D eigenvalue weighted by molar-refractivity contribution is -0.118. The van der Waals surface area contributed by atoms with Gasteiger partial charge in [0.05, 0.1) is 6.04 Å². The van der Waals surface area contributed by atoms with Crippen LogP contribution >= 0.6 is 0 Å². The van der Waals surface area contributed by atoms with E-state index in [-0.39, 0.29) is 12.2 Å². The van der Waals surface area contributed by atoms with E-state index in [1.165, 1.54) is 12.5 Å². The van der Waals surface area contributed by atoms with Crippen molar-refractivity contribution in [2.45, 2.75) is 58.3 Å². The highest BCUT2D eigenvalue weighted by atomic mass is 16.5. The Balaban J connectivity index is 1.50. The zero-order valence-electron chi connectivity index (χ0n) is 15.9. The lowest BCUT2D eigenvalue weighted by atomic mass is 9.86. The molecule has 1 aliphatic rings. The number of aromatic nitrogens is 3. The van der Waals surface area contributed by atoms with Gasteiger partial charge in [0.1, 0.15) is 11.6 Å². The molecule has 1 aliphatic heterocycles. The van der Waals surface area contributed by atoms with Crippen molar-refractivity contribution < 1.29 is 14.3 Å². The largest absolute Gasteiger partial charge is 0.437 e. The van der Waals surface area contributed by atoms with Crippen LogP contribution in [-0.2, 0) is 30.5 Å². The average Bonchev–Trinajstić information content (AvgIpc) is 3.08. The van der Waals surface area contributed by atoms with Crippen LogP contribution in [0.5, 0.6) is 0 Å². The fourth-order valence-electron chi connectivity index (χ4n) is 3.20. The third kappa shape index (κ3) is 5.61. The van der Waals surface area contributed by atoms with E-state index in [1.54, 1.807) is 6.82 Å². The van der Waals surface area contributed by atoms with E-state index in [2.05, 4.69) is 32.8 Å². The van der Waals surface area contributed by atoms with E-state index < -0.39 is 13.1 Å². The van der Waals surface area contributed by atoms with Crippen LogP contribution in [0.2, 0.25) is 6.82 Å². The second-order valence-electron chi connectivity index (χ2n) is 7.01. The maximum Gasteiger partial charge on any atom is 0.374 e. The zero-order valence-corrected chi connectivity index (χ0v) is 15.9. The minimum Gasteiger partial charge on any atom is -0.437 e. The second-order valence-corrected chi connectivity index (χ2v) is 7.01. The summed E-state index contributed by atoms with van der Waals surface area (Å²) < 4.78 is 5.24. The van der Waals surface area contributed by atoms with Crippen molar-refractivity contribution in [1.29, 1.82) is 0 Å². The predicted molar refractivity (Wildman–Crippen MR) is 103 cm³/mol. The van der Waals surface area contributed by atoms with E-state index in [1.807, 2.05) is 0 Å². The molecule has 0 saturated heterocycles. The highest BCUT2D eigenvalue weighted by Gasteiger charge is 2.21. The summed E-state index contributed by atoms with van der Waals surface area (Å²) in [6.07, 6.45) is 4.92. The highest BCUT2D eigenvalue weighted by Crippen LogP contribution is 2.20. The molecule has 0 spiro atoms. The van der Waals surface area contributed by atoms with Crippen molar-refractivity contribution in [2.75, 3.05) is 11.9 Å². The molecule has 3 rings (SSSR count). The van der Waals surface area contributed by atoms with Crippen LogP contribution in [0.3, 0.4) is 0 Å². The first kappa shape index (κ1) is 19.5. The van der Waals surface area contributed by atoms with Crippen LogP contribution in [0, 0.1) is 0 Å². The molecule has 0 amide bonds. The van der Waals surface area contributed by atoms with E-state index in [0.717, 1.165) is 43.7 Å². The maximum absolute atomic E-state index is 11.6. The number of aryl methyl sites for hydroxylation is 3. The molecule has 0 aromatic carbocycles. The third-order valence-corrected chi connectivity index (χ3v) is 4.61. The Bertz CT molecular complexity index is 780. The molecule has 2 aromatic rings. The van der Waals surface area contributed by atoms with Crippen molar-refractivity contribution >= 4 is 18.7 Å². The fourth-order valence-corrected chi connectivity index (χ4v) is 3.20. The minimum atomic E-state index is -0.778. The van der Waals surface area contributed by atoms with Gasteiger partial charge in [-0.2, -0.15) is 4.98 Å². The standard InChI is InChI=1S/C18H26BN5O3/c1-12(25)15(23-19(2)26)11-17-22-16(24-27-17)7-3-6-14-9-8-13-5-4-10-20-18(13)21-14/h8-9,15,23,26H,3-7,10-11H2,1-2H3,(H,20,21). The molecule has 3 N–H and O–H groups in total. The number of pyridine rings is 1. The first-order valence-corrected chi connectivity index (χ1v) is 9.50. The van der Waals surface area contributed by atoms with E-state index in [0.29, 0.717) is 18.1 Å². The number of anilines is 1. The first-order valence-electron chi connectivity index (χ1n) is 9.50. The molecule has 9 heteroatoms. The number of rotatable bonds is 9. The van der Waals surface area contributed by atoms with Crippen LogP contribution in [-0.4, -0.2) is 45.6 Å². The minimum absolute atomic E-state index is 0.0808. The summed E-state index contributed by atoms with van der Waals surface area (Å²) in [6.45, 7) is 4.03. The van der Waals surface area contributed by atoms with E-state index >= 15 is 0 Å². The van der Waals surface area contributed by atoms with Crippen molar-refractivity contribution in [2.24, 2.45) is 0 Å². The highest BCUT2D eigenvalue weighted by molar-refractivity contribution is 6.46. The lowest BCUT2D eigenvalue weighted by Gasteiger charge is -2.17. The Labute approximate surface area is 159 Å². The lowest BCUT2D eigenvalue weighted by Crippen LogP contribution is -2.45. The number of hydrogen-bond donors (Lipinski definition) is 3. The summed E-state index contributed by atoms with van der Waals surface area (Å²) in [5, 5.41) is 19.5. The van der Waals surface area contributed by atoms with E-state index in [4.69, 9.17) is 9.51 Å². The molecule has 0 fully saturated rings. The van der Waals surface area contributed by atoms with Gasteiger partial charge in [-0.25, -0.2) is 4.98 Å². The van der Waals surface area contributed by atoms with Gasteiger partial charge in [-0.1, -0.05) is 11.2 Å². The number of ketones is 1. The van der Waals surface area contributed by atoms with Crippen molar-refractivity contribution in [3.63, 3.8) is 0 Å². The molecule has 0 radical (unpaired) electrons. The van der Waals surface area contributed by atoms with Gasteiger partial charge in [-0.05, 0) is 51.1 Å². The predicted octanol–water partition coefficient (Wildman–Crippen LogP) is 1.20. The van der Waals surface area contributed by atoms with Crippen LogP contribution in [0.25, 0.3) is 0 Å². The summed E-state index contributed by atoms with van der Waals surface area (Å²) in [7, 11) is -0.778. The molecule has 144 valence electrons. The van der Waals surface area contributed by atoms with Crippen molar-refractivity contribution in [3.05, 3.63) is 35.1 Å². The first-order chi connectivity index (χ1) is 13.0. The van der Waals surface area contributed by atoms with Gasteiger partial charge >= 0.3 is 7.05 Å². The van der Waals surface area contributed by atoms with Gasteiger partial charge in [0.2, 0.25) is 5.89 Å². The Morgan fingerprint density at radius 1 is 1.41 bits per heavy atom. The van der Waals surface area contributed by atoms with E-state index in [9.17, 15) is 9.82 Å². The topological polar surface area (TPSA) is 113 Å². The molecule has 0 saturated carbocycles. The normalized spacial score (nSPS) is 14.3. The summed E-state index contributed by atoms with van der Waals surface area (Å²) >= 11 is 0. The zero-order chi connectivity index (χ0) is 19.2. The molecule has 2 aromatic heterocycles. The van der Waals surface area contributed by atoms with Gasteiger partial charge in [-0.3, -0.25) is 4.79 Å². The molecule has 3 heterocycles. The summed E-state index contributed by atoms with van der Waals surface area (Å²) in [5.74, 6) is 1.96. The Kier molecular flexibility index (Phi) is 6.57. The number of hydrogen-bond acceptors (Lipinski definition) is 8. The molecule has 27 heavy (non-hydrogen) atoms. The number of nitrogens with one attached hydrogen (secondary N) is 2. The summed E-state index contributed by atoms with van der Waals surface area (Å²) in [6, 6.07) is 3.71. The summed E-state index contributed by atoms with van der Waals surface area (Å²) in [4.78, 5) is 20.7. The molecular weight excluding hydrogens is 345 g/mol. The van der Waals surface area contributed by atoms with Crippen LogP contribution in [0.1, 0.15) is 42.7 Å². The smallest absolute Gasteiger partial charge is 0.374 e. The summed E-state index contributed by atoms with van der Waals surface area (Å²) in [5.41, 5.74) is 2.35. The van der Waals surface area contributed by atoms with Crippen LogP contribution < -0.4 is 10.5 Å². The number of carbonyl (C=O) groups is 1. The van der Waals surface area contributed by atoms with Crippen LogP contribution in [0.4, 0.5) is 5.82 Å². The maximum atomic E-state index is 11.6. The van der Waals surface area contributed by atoms with Gasteiger partial charge in [0, 0.05) is 25.1 Å². The van der Waals surface area contributed by atoms with Gasteiger partial charge in [0.15, 0.2) is 5.82 Å². The number of fused-ring (bicyclic) bond motifs is 1. The Hall–Kier alpha value is -2.26. The second kappa shape index (κ2) is 9.10. The quantitative estimate of drug-likeness (QED) is 0.564. The molecule has 1 unspecified atom stereocenters. The molecular formula is C18H26BN5O3. The van der Waals surface area contributed by atoms with Crippen LogP contribution in [0.15, 0.2) is 16.7 Å². The number of carbonyl (C=O) groups excluding carboxylic acids is 1. The monoisotopic (exact) mass is 371 g/mol. The SMILES string of the molecule is CB(O)NC(Cc1nc(CCCc2ccc3c(n2)NCCC3)no1)C(C)=O. The average molecular weight is 371 g/mol. The van der Waals surface area contributed by atoms with Gasteiger partial charge in [0.25, 0.3) is 0 Å². The molecule has 0 aliphatic carbocycles. The van der Waals surface area contributed by atoms with Gasteiger partial charge < -0.3 is 20.1 Å². The van der Waals surface area contributed by atoms with Crippen molar-refractivity contribution in [3.8, 4) is 0 Å². The molecule has 1 atom stereocenters. The number of nitrogens with zero attached hydrogens (tertiary/aromatic N) is 3. The van der Waals surface area contributed by atoms with Gasteiger partial charge in [-0.15, -0.1) is 0 Å². The fraction of sp³-hybridized carbons (Fsp3) is 0.556. The number of Topliss-reactive ketones (excluding diaryl/α,β-unsaturated/α-hetero) is 1. The third-order valence-electron chi connectivity index (χ3n) is 4.61. The van der Waals surface area contributed by atoms with Crippen molar-refractivity contribution in [1.82, 2.24) is 20.4 Å². The Morgan fingerprint density at radius 2 is 2.26 bits per heavy atom. The molecule has 0 bridgehead atoms.